The molecule has 0 atom stereocenters. The van der Waals surface area contributed by atoms with Crippen LogP contribution in [0.15, 0.2) is 23.0 Å². The Kier molecular flexibility index (Phi) is 3.80. The number of hydrogen-bond donors (Lipinski definition) is 1. The zero-order valence-corrected chi connectivity index (χ0v) is 11.8. The maximum Gasteiger partial charge on any atom is 0.534 e. The molecule has 22 heavy (non-hydrogen) atoms. The molecule has 0 saturated carbocycles. The van der Waals surface area contributed by atoms with Crippen LogP contribution in [0.25, 0.3) is 10.9 Å². The van der Waals surface area contributed by atoms with Gasteiger partial charge in [0.05, 0.1) is 5.52 Å². The van der Waals surface area contributed by atoms with Crippen LogP contribution in [-0.2, 0) is 10.1 Å². The van der Waals surface area contributed by atoms with Gasteiger partial charge in [0.15, 0.2) is 11.3 Å². The van der Waals surface area contributed by atoms with Gasteiger partial charge in [0.25, 0.3) is 5.56 Å². The highest BCUT2D eigenvalue weighted by Gasteiger charge is 2.49. The number of pyridine rings is 1. The fraction of sp³-hybridized carbons (Fsp3) is 0.0909. The number of aromatic amines is 1. The normalized spacial score (nSPS) is 12.1. The Balaban J connectivity index is 2.84. The highest BCUT2D eigenvalue weighted by atomic mass is 35.5. The van der Waals surface area contributed by atoms with Gasteiger partial charge in [-0.15, -0.1) is 0 Å². The molecule has 0 aliphatic rings. The van der Waals surface area contributed by atoms with E-state index in [1.807, 2.05) is 0 Å². The summed E-state index contributed by atoms with van der Waals surface area (Å²) in [5.41, 5.74) is -7.76. The fourth-order valence-electron chi connectivity index (χ4n) is 1.58. The van der Waals surface area contributed by atoms with Gasteiger partial charge in [-0.05, 0) is 18.2 Å². The highest BCUT2D eigenvalue weighted by Crippen LogP contribution is 2.33. The van der Waals surface area contributed by atoms with E-state index in [0.29, 0.717) is 0 Å². The predicted molar refractivity (Wildman–Crippen MR) is 69.9 cm³/mol. The fourth-order valence-corrected chi connectivity index (χ4v) is 2.24. The van der Waals surface area contributed by atoms with Crippen LogP contribution >= 0.6 is 11.6 Å². The second-order valence-corrected chi connectivity index (χ2v) is 5.92. The molecule has 11 heteroatoms. The summed E-state index contributed by atoms with van der Waals surface area (Å²) in [5.74, 6) is -1.03. The molecule has 0 aliphatic carbocycles. The van der Waals surface area contributed by atoms with Gasteiger partial charge >= 0.3 is 15.6 Å². The summed E-state index contributed by atoms with van der Waals surface area (Å²) < 4.78 is 63.5. The van der Waals surface area contributed by atoms with Gasteiger partial charge in [-0.3, -0.25) is 4.79 Å². The maximum absolute atomic E-state index is 12.4. The minimum atomic E-state index is -6.05. The first kappa shape index (κ1) is 16.1. The van der Waals surface area contributed by atoms with Crippen LogP contribution in [0.1, 0.15) is 5.56 Å². The van der Waals surface area contributed by atoms with Gasteiger partial charge < -0.3 is 9.17 Å². The molecule has 0 bridgehead atoms. The SMILES string of the molecule is N#Cc1c(OS(=O)(=O)C(F)(F)F)c2cc(Cl)ccc2[nH]c1=O. The lowest BCUT2D eigenvalue weighted by Crippen LogP contribution is -2.29. The standard InChI is InChI=1S/C11H4ClF3N2O4S/c12-5-1-2-8-6(3-5)9(7(4-16)10(18)17-8)21-22(19,20)11(13,14)15/h1-3H,(H,17,18). The van der Waals surface area contributed by atoms with E-state index in [1.165, 1.54) is 18.2 Å². The summed E-state index contributed by atoms with van der Waals surface area (Å²) in [6.45, 7) is 0. The van der Waals surface area contributed by atoms with Crippen LogP contribution in [0, 0.1) is 11.3 Å². The van der Waals surface area contributed by atoms with E-state index in [4.69, 9.17) is 16.9 Å². The lowest BCUT2D eigenvalue weighted by atomic mass is 10.1. The van der Waals surface area contributed by atoms with Crippen molar-refractivity contribution in [1.82, 2.24) is 4.98 Å². The van der Waals surface area contributed by atoms with Gasteiger partial charge in [-0.2, -0.15) is 26.9 Å². The first-order valence-corrected chi connectivity index (χ1v) is 7.12. The second-order valence-electron chi connectivity index (χ2n) is 3.94. The van der Waals surface area contributed by atoms with Crippen molar-refractivity contribution in [3.05, 3.63) is 39.1 Å². The zero-order valence-electron chi connectivity index (χ0n) is 10.2. The number of halogens is 4. The molecule has 0 saturated heterocycles. The van der Waals surface area contributed by atoms with Crippen molar-refractivity contribution in [2.45, 2.75) is 5.51 Å². The summed E-state index contributed by atoms with van der Waals surface area (Å²) in [6, 6.07) is 4.91. The third-order valence-corrected chi connectivity index (χ3v) is 3.71. The average Bonchev–Trinajstić information content (AvgIpc) is 2.38. The molecular formula is C11H4ClF3N2O4S. The van der Waals surface area contributed by atoms with Crippen molar-refractivity contribution < 1.29 is 25.8 Å². The lowest BCUT2D eigenvalue weighted by molar-refractivity contribution is -0.0499. The van der Waals surface area contributed by atoms with E-state index in [0.717, 1.165) is 6.07 Å². The molecule has 0 radical (unpaired) electrons. The van der Waals surface area contributed by atoms with Crippen molar-refractivity contribution in [3.63, 3.8) is 0 Å². The predicted octanol–water partition coefficient (Wildman–Crippen LogP) is 2.28. The number of aromatic nitrogens is 1. The van der Waals surface area contributed by atoms with Crippen molar-refractivity contribution >= 4 is 32.6 Å². The van der Waals surface area contributed by atoms with E-state index in [-0.39, 0.29) is 15.9 Å². The van der Waals surface area contributed by atoms with Crippen molar-refractivity contribution in [2.75, 3.05) is 0 Å². The van der Waals surface area contributed by atoms with Gasteiger partial charge in [0.1, 0.15) is 6.07 Å². The van der Waals surface area contributed by atoms with E-state index in [9.17, 15) is 26.4 Å². The first-order chi connectivity index (χ1) is 10.1. The van der Waals surface area contributed by atoms with Crippen LogP contribution in [0.2, 0.25) is 5.02 Å². The third kappa shape index (κ3) is 2.72. The Labute approximate surface area is 125 Å². The molecule has 1 aromatic carbocycles. The van der Waals surface area contributed by atoms with Gasteiger partial charge in [-0.25, -0.2) is 0 Å². The Morgan fingerprint density at radius 1 is 1.32 bits per heavy atom. The van der Waals surface area contributed by atoms with Gasteiger partial charge in [0.2, 0.25) is 0 Å². The molecule has 0 amide bonds. The van der Waals surface area contributed by atoms with Crippen LogP contribution < -0.4 is 9.74 Å². The molecule has 116 valence electrons. The summed E-state index contributed by atoms with van der Waals surface area (Å²) in [6.07, 6.45) is 0. The Morgan fingerprint density at radius 2 is 1.95 bits per heavy atom. The summed E-state index contributed by atoms with van der Waals surface area (Å²) in [5, 5.41) is 8.65. The molecule has 2 aromatic rings. The largest absolute Gasteiger partial charge is 0.534 e. The number of nitrogens with zero attached hydrogens (tertiary/aromatic N) is 1. The molecule has 0 spiro atoms. The molecule has 0 aliphatic heterocycles. The number of nitriles is 1. The molecule has 2 rings (SSSR count). The Hall–Kier alpha value is -2.25. The second kappa shape index (κ2) is 5.19. The molecule has 6 nitrogen and oxygen atoms in total. The lowest BCUT2D eigenvalue weighted by Gasteiger charge is -2.12. The molecule has 0 fully saturated rings. The van der Waals surface area contributed by atoms with E-state index in [1.54, 1.807) is 0 Å². The van der Waals surface area contributed by atoms with E-state index in [2.05, 4.69) is 9.17 Å². The van der Waals surface area contributed by atoms with Crippen molar-refractivity contribution in [2.24, 2.45) is 0 Å². The molecular weight excluding hydrogens is 349 g/mol. The molecule has 1 N–H and O–H groups in total. The summed E-state index contributed by atoms with van der Waals surface area (Å²) >= 11 is 5.68. The van der Waals surface area contributed by atoms with Crippen LogP contribution in [-0.4, -0.2) is 18.9 Å². The summed E-state index contributed by atoms with van der Waals surface area (Å²) in [4.78, 5) is 13.8. The minimum absolute atomic E-state index is 0.0395. The van der Waals surface area contributed by atoms with E-state index >= 15 is 0 Å². The van der Waals surface area contributed by atoms with Crippen LogP contribution in [0.4, 0.5) is 13.2 Å². The van der Waals surface area contributed by atoms with E-state index < -0.39 is 32.5 Å². The van der Waals surface area contributed by atoms with Gasteiger partial charge in [0, 0.05) is 10.4 Å². The number of alkyl halides is 3. The third-order valence-electron chi connectivity index (χ3n) is 2.52. The molecule has 0 unspecified atom stereocenters. The highest BCUT2D eigenvalue weighted by molar-refractivity contribution is 7.88. The number of nitrogens with one attached hydrogen (secondary N) is 1. The number of rotatable bonds is 2. The quantitative estimate of drug-likeness (QED) is 0.660. The Bertz CT molecular complexity index is 960. The van der Waals surface area contributed by atoms with Crippen molar-refractivity contribution in [3.8, 4) is 11.8 Å². The summed E-state index contributed by atoms with van der Waals surface area (Å²) in [7, 11) is -6.05. The monoisotopic (exact) mass is 352 g/mol. The number of H-pyrrole nitrogens is 1. The van der Waals surface area contributed by atoms with Crippen LogP contribution in [0.3, 0.4) is 0 Å². The smallest absolute Gasteiger partial charge is 0.374 e. The van der Waals surface area contributed by atoms with Crippen LogP contribution in [0.5, 0.6) is 5.75 Å². The number of hydrogen-bond acceptors (Lipinski definition) is 5. The zero-order chi connectivity index (χ0) is 16.7. The van der Waals surface area contributed by atoms with Gasteiger partial charge in [-0.1, -0.05) is 11.6 Å². The first-order valence-electron chi connectivity index (χ1n) is 5.33. The number of benzene rings is 1. The van der Waals surface area contributed by atoms with Crippen molar-refractivity contribution in [1.29, 1.82) is 5.26 Å². The minimum Gasteiger partial charge on any atom is -0.374 e. The molecule has 1 aromatic heterocycles. The Morgan fingerprint density at radius 3 is 2.50 bits per heavy atom. The molecule has 1 heterocycles. The number of fused-ring (bicyclic) bond motifs is 1. The average molecular weight is 353 g/mol. The topological polar surface area (TPSA) is 100 Å². The maximum atomic E-state index is 12.4.